The number of nitrogens with one attached hydrogen (secondary N) is 1. The zero-order valence-corrected chi connectivity index (χ0v) is 12.1. The van der Waals surface area contributed by atoms with E-state index in [1.165, 1.54) is 5.56 Å². The normalized spacial score (nSPS) is 11.1. The summed E-state index contributed by atoms with van der Waals surface area (Å²) in [7, 11) is 0. The summed E-state index contributed by atoms with van der Waals surface area (Å²) in [5.41, 5.74) is 4.46. The largest absolute Gasteiger partial charge is 0.331 e. The van der Waals surface area contributed by atoms with Crippen molar-refractivity contribution in [2.24, 2.45) is 0 Å². The Kier molecular flexibility index (Phi) is 3.17. The van der Waals surface area contributed by atoms with Crippen LogP contribution < -0.4 is 0 Å². The maximum atomic E-state index is 6.22. The maximum absolute atomic E-state index is 6.22. The standard InChI is InChI=1S/C15H13ClN2S/c1-10-6-7-13-14(8-10)18(15(19)17-13)9-11-4-2-3-5-12(11)16/h2-8H,9H2,1H3,(H,17,19). The molecule has 0 radical (unpaired) electrons. The molecule has 1 N–H and O–H groups in total. The minimum absolute atomic E-state index is 0.683. The third-order valence-corrected chi connectivity index (χ3v) is 3.91. The number of imidazole rings is 1. The van der Waals surface area contributed by atoms with Gasteiger partial charge in [-0.05, 0) is 48.5 Å². The number of hydrogen-bond acceptors (Lipinski definition) is 1. The van der Waals surface area contributed by atoms with Gasteiger partial charge in [-0.3, -0.25) is 0 Å². The summed E-state index contributed by atoms with van der Waals surface area (Å²) in [6.45, 7) is 2.76. The second kappa shape index (κ2) is 4.83. The van der Waals surface area contributed by atoms with E-state index >= 15 is 0 Å². The Balaban J connectivity index is 2.15. The van der Waals surface area contributed by atoms with Crippen molar-refractivity contribution < 1.29 is 0 Å². The van der Waals surface area contributed by atoms with Gasteiger partial charge in [0.1, 0.15) is 0 Å². The van der Waals surface area contributed by atoms with E-state index in [0.29, 0.717) is 6.54 Å². The Morgan fingerprint density at radius 3 is 2.79 bits per heavy atom. The molecular formula is C15H13ClN2S. The topological polar surface area (TPSA) is 20.7 Å². The fourth-order valence-corrected chi connectivity index (χ4v) is 2.69. The van der Waals surface area contributed by atoms with Crippen LogP contribution in [0.1, 0.15) is 11.1 Å². The molecule has 0 aliphatic heterocycles. The Labute approximate surface area is 121 Å². The van der Waals surface area contributed by atoms with E-state index in [0.717, 1.165) is 26.4 Å². The minimum Gasteiger partial charge on any atom is -0.331 e. The second-order valence-corrected chi connectivity index (χ2v) is 5.42. The van der Waals surface area contributed by atoms with Crippen LogP contribution in [0.3, 0.4) is 0 Å². The average Bonchev–Trinajstić information content (AvgIpc) is 2.69. The molecule has 4 heteroatoms. The van der Waals surface area contributed by atoms with Gasteiger partial charge in [0, 0.05) is 5.02 Å². The number of rotatable bonds is 2. The van der Waals surface area contributed by atoms with Crippen LogP contribution in [0.15, 0.2) is 42.5 Å². The van der Waals surface area contributed by atoms with Crippen LogP contribution in [0, 0.1) is 11.7 Å². The summed E-state index contributed by atoms with van der Waals surface area (Å²) in [6, 6.07) is 14.1. The number of benzene rings is 2. The van der Waals surface area contributed by atoms with Gasteiger partial charge in [-0.25, -0.2) is 0 Å². The fourth-order valence-electron chi connectivity index (χ4n) is 2.22. The van der Waals surface area contributed by atoms with Gasteiger partial charge in [0.2, 0.25) is 0 Å². The highest BCUT2D eigenvalue weighted by atomic mass is 35.5. The van der Waals surface area contributed by atoms with E-state index in [4.69, 9.17) is 23.8 Å². The van der Waals surface area contributed by atoms with E-state index in [1.54, 1.807) is 0 Å². The average molecular weight is 289 g/mol. The van der Waals surface area contributed by atoms with E-state index in [-0.39, 0.29) is 0 Å². The molecule has 0 spiro atoms. The van der Waals surface area contributed by atoms with Gasteiger partial charge in [-0.2, -0.15) is 0 Å². The predicted molar refractivity (Wildman–Crippen MR) is 82.4 cm³/mol. The number of H-pyrrole nitrogens is 1. The minimum atomic E-state index is 0.683. The molecule has 2 nitrogen and oxygen atoms in total. The van der Waals surface area contributed by atoms with Crippen molar-refractivity contribution in [2.45, 2.75) is 13.5 Å². The number of aryl methyl sites for hydroxylation is 1. The molecule has 0 aliphatic carbocycles. The van der Waals surface area contributed by atoms with E-state index in [9.17, 15) is 0 Å². The number of halogens is 1. The number of aromatic amines is 1. The first-order chi connectivity index (χ1) is 9.15. The lowest BCUT2D eigenvalue weighted by Crippen LogP contribution is -2.00. The van der Waals surface area contributed by atoms with Gasteiger partial charge in [-0.15, -0.1) is 0 Å². The monoisotopic (exact) mass is 288 g/mol. The number of hydrogen-bond donors (Lipinski definition) is 1. The summed E-state index contributed by atoms with van der Waals surface area (Å²) < 4.78 is 2.80. The van der Waals surface area contributed by atoms with E-state index < -0.39 is 0 Å². The first-order valence-electron chi connectivity index (χ1n) is 6.08. The third kappa shape index (κ3) is 2.31. The lowest BCUT2D eigenvalue weighted by molar-refractivity contribution is 0.810. The molecule has 19 heavy (non-hydrogen) atoms. The molecule has 0 aliphatic rings. The van der Waals surface area contributed by atoms with Crippen molar-refractivity contribution in [2.75, 3.05) is 0 Å². The SMILES string of the molecule is Cc1ccc2[nH]c(=S)n(Cc3ccccc3Cl)c2c1. The van der Waals surface area contributed by atoms with Gasteiger partial charge >= 0.3 is 0 Å². The molecule has 0 amide bonds. The highest BCUT2D eigenvalue weighted by Gasteiger charge is 2.07. The fraction of sp³-hybridized carbons (Fsp3) is 0.133. The molecule has 1 heterocycles. The van der Waals surface area contributed by atoms with Gasteiger partial charge in [0.15, 0.2) is 4.77 Å². The third-order valence-electron chi connectivity index (χ3n) is 3.22. The Bertz CT molecular complexity index is 801. The molecule has 0 fully saturated rings. The van der Waals surface area contributed by atoms with Crippen LogP contribution in [0.2, 0.25) is 5.02 Å². The Morgan fingerprint density at radius 1 is 1.21 bits per heavy atom. The van der Waals surface area contributed by atoms with Gasteiger partial charge < -0.3 is 9.55 Å². The highest BCUT2D eigenvalue weighted by molar-refractivity contribution is 7.71. The molecule has 2 aromatic carbocycles. The smallest absolute Gasteiger partial charge is 0.178 e. The molecule has 0 saturated carbocycles. The summed E-state index contributed by atoms with van der Waals surface area (Å²) in [4.78, 5) is 3.23. The Morgan fingerprint density at radius 2 is 2.00 bits per heavy atom. The molecule has 0 unspecified atom stereocenters. The van der Waals surface area contributed by atoms with Crippen LogP contribution >= 0.6 is 23.8 Å². The van der Waals surface area contributed by atoms with Crippen molar-refractivity contribution in [1.29, 1.82) is 0 Å². The van der Waals surface area contributed by atoms with Crippen molar-refractivity contribution >= 4 is 34.9 Å². The zero-order valence-electron chi connectivity index (χ0n) is 10.5. The first kappa shape index (κ1) is 12.5. The summed E-state index contributed by atoms with van der Waals surface area (Å²) in [5, 5.41) is 0.770. The van der Waals surface area contributed by atoms with Crippen molar-refractivity contribution in [3.05, 3.63) is 63.4 Å². The molecule has 0 saturated heterocycles. The second-order valence-electron chi connectivity index (χ2n) is 4.63. The number of nitrogens with zero attached hydrogens (tertiary/aromatic N) is 1. The van der Waals surface area contributed by atoms with Crippen LogP contribution in [0.25, 0.3) is 11.0 Å². The van der Waals surface area contributed by atoms with E-state index in [1.807, 2.05) is 24.3 Å². The quantitative estimate of drug-likeness (QED) is 0.677. The predicted octanol–water partition coefficient (Wildman–Crippen LogP) is 4.71. The van der Waals surface area contributed by atoms with Crippen LogP contribution in [-0.2, 0) is 6.54 Å². The number of fused-ring (bicyclic) bond motifs is 1. The van der Waals surface area contributed by atoms with Crippen molar-refractivity contribution in [1.82, 2.24) is 9.55 Å². The number of aromatic nitrogens is 2. The molecule has 3 aromatic rings. The summed E-state index contributed by atoms with van der Waals surface area (Å²) in [5.74, 6) is 0. The highest BCUT2D eigenvalue weighted by Crippen LogP contribution is 2.21. The maximum Gasteiger partial charge on any atom is 0.178 e. The van der Waals surface area contributed by atoms with Gasteiger partial charge in [0.25, 0.3) is 0 Å². The molecule has 96 valence electrons. The van der Waals surface area contributed by atoms with Crippen molar-refractivity contribution in [3.63, 3.8) is 0 Å². The van der Waals surface area contributed by atoms with Crippen LogP contribution in [-0.4, -0.2) is 9.55 Å². The van der Waals surface area contributed by atoms with E-state index in [2.05, 4.69) is 34.7 Å². The molecule has 3 rings (SSSR count). The Hall–Kier alpha value is -1.58. The van der Waals surface area contributed by atoms with Gasteiger partial charge in [-0.1, -0.05) is 35.9 Å². The van der Waals surface area contributed by atoms with Crippen LogP contribution in [0.4, 0.5) is 0 Å². The summed E-state index contributed by atoms with van der Waals surface area (Å²) >= 11 is 11.6. The van der Waals surface area contributed by atoms with Crippen LogP contribution in [0.5, 0.6) is 0 Å². The molecule has 1 aromatic heterocycles. The molecule has 0 bridgehead atoms. The van der Waals surface area contributed by atoms with Gasteiger partial charge in [0.05, 0.1) is 17.6 Å². The summed E-state index contributed by atoms with van der Waals surface area (Å²) in [6.07, 6.45) is 0. The molecular weight excluding hydrogens is 276 g/mol. The zero-order chi connectivity index (χ0) is 13.4. The first-order valence-corrected chi connectivity index (χ1v) is 6.86. The molecule has 0 atom stereocenters. The lowest BCUT2D eigenvalue weighted by Gasteiger charge is -2.07. The van der Waals surface area contributed by atoms with Crippen molar-refractivity contribution in [3.8, 4) is 0 Å². The lowest BCUT2D eigenvalue weighted by atomic mass is 10.2.